The summed E-state index contributed by atoms with van der Waals surface area (Å²) >= 11 is 0. The summed E-state index contributed by atoms with van der Waals surface area (Å²) < 4.78 is 15.2. The summed E-state index contributed by atoms with van der Waals surface area (Å²) in [6.07, 6.45) is 0. The Morgan fingerprint density at radius 1 is 1.26 bits per heavy atom. The average molecular weight is 268 g/mol. The van der Waals surface area contributed by atoms with Gasteiger partial charge in [-0.3, -0.25) is 0 Å². The number of benzene rings is 1. The molecule has 0 spiro atoms. The number of hydrogen-bond acceptors (Lipinski definition) is 4. The largest absolute Gasteiger partial charge is 0.497 e. The zero-order chi connectivity index (χ0) is 14.3. The number of carbonyl (C=O) groups excluding carboxylic acids is 1. The van der Waals surface area contributed by atoms with Crippen molar-refractivity contribution in [3.8, 4) is 11.5 Å². The predicted molar refractivity (Wildman–Crippen MR) is 73.1 cm³/mol. The van der Waals surface area contributed by atoms with Gasteiger partial charge in [0, 0.05) is 26.8 Å². The minimum absolute atomic E-state index is 0.233. The van der Waals surface area contributed by atoms with Crippen LogP contribution in [0.15, 0.2) is 18.2 Å². The zero-order valence-corrected chi connectivity index (χ0v) is 11.7. The summed E-state index contributed by atoms with van der Waals surface area (Å²) in [7, 11) is 6.40. The standard InChI is InChI=1S/C13H20N2O4/c1-15(7-8-17-2)13(16)14-11-9-10(18-3)5-6-12(11)19-4/h5-6,9H,7-8H2,1-4H3,(H,14,16). The Morgan fingerprint density at radius 2 is 2.00 bits per heavy atom. The number of likely N-dealkylation sites (N-methyl/N-ethyl adjacent to an activating group) is 1. The lowest BCUT2D eigenvalue weighted by Gasteiger charge is -2.18. The number of anilines is 1. The second kappa shape index (κ2) is 7.48. The van der Waals surface area contributed by atoms with Crippen molar-refractivity contribution in [1.82, 2.24) is 4.90 Å². The molecule has 0 aliphatic heterocycles. The molecule has 0 saturated carbocycles. The maximum Gasteiger partial charge on any atom is 0.321 e. The molecule has 1 rings (SSSR count). The number of amides is 2. The van der Waals surface area contributed by atoms with Crippen LogP contribution in [0, 0.1) is 0 Å². The highest BCUT2D eigenvalue weighted by atomic mass is 16.5. The first kappa shape index (κ1) is 15.1. The summed E-state index contributed by atoms with van der Waals surface area (Å²) in [6, 6.07) is 4.98. The van der Waals surface area contributed by atoms with Gasteiger partial charge in [0.1, 0.15) is 11.5 Å². The fraction of sp³-hybridized carbons (Fsp3) is 0.462. The second-order valence-corrected chi connectivity index (χ2v) is 3.91. The number of rotatable bonds is 6. The Morgan fingerprint density at radius 3 is 2.58 bits per heavy atom. The van der Waals surface area contributed by atoms with Gasteiger partial charge in [-0.2, -0.15) is 0 Å². The minimum atomic E-state index is -0.233. The molecule has 0 aliphatic carbocycles. The number of carbonyl (C=O) groups is 1. The summed E-state index contributed by atoms with van der Waals surface area (Å²) in [5, 5.41) is 2.77. The van der Waals surface area contributed by atoms with Gasteiger partial charge in [-0.25, -0.2) is 4.79 Å². The van der Waals surface area contributed by atoms with Crippen LogP contribution in [-0.4, -0.2) is 52.5 Å². The Balaban J connectivity index is 2.76. The molecule has 1 aromatic rings. The third-order valence-electron chi connectivity index (χ3n) is 2.63. The molecule has 1 aromatic carbocycles. The molecule has 0 aromatic heterocycles. The number of nitrogens with zero attached hydrogens (tertiary/aromatic N) is 1. The van der Waals surface area contributed by atoms with E-state index in [1.807, 2.05) is 0 Å². The maximum atomic E-state index is 11.9. The lowest BCUT2D eigenvalue weighted by Crippen LogP contribution is -2.33. The molecule has 0 saturated heterocycles. The van der Waals surface area contributed by atoms with Crippen molar-refractivity contribution in [2.45, 2.75) is 0 Å². The van der Waals surface area contributed by atoms with Crippen molar-refractivity contribution in [3.05, 3.63) is 18.2 Å². The van der Waals surface area contributed by atoms with Crippen LogP contribution < -0.4 is 14.8 Å². The molecule has 0 radical (unpaired) electrons. The van der Waals surface area contributed by atoms with Gasteiger partial charge >= 0.3 is 6.03 Å². The number of urea groups is 1. The summed E-state index contributed by atoms with van der Waals surface area (Å²) in [6.45, 7) is 0.994. The number of hydrogen-bond donors (Lipinski definition) is 1. The fourth-order valence-corrected chi connectivity index (χ4v) is 1.45. The molecule has 0 heterocycles. The Bertz CT molecular complexity index is 423. The molecular weight excluding hydrogens is 248 g/mol. The summed E-state index contributed by atoms with van der Waals surface area (Å²) in [5.74, 6) is 1.23. The van der Waals surface area contributed by atoms with Gasteiger partial charge in [0.15, 0.2) is 0 Å². The van der Waals surface area contributed by atoms with E-state index in [-0.39, 0.29) is 6.03 Å². The molecule has 0 atom stereocenters. The third kappa shape index (κ3) is 4.33. The van der Waals surface area contributed by atoms with Crippen molar-refractivity contribution in [1.29, 1.82) is 0 Å². The number of nitrogens with one attached hydrogen (secondary N) is 1. The molecule has 19 heavy (non-hydrogen) atoms. The van der Waals surface area contributed by atoms with Crippen LogP contribution in [0.3, 0.4) is 0 Å². The van der Waals surface area contributed by atoms with Gasteiger partial charge in [-0.1, -0.05) is 0 Å². The molecule has 106 valence electrons. The van der Waals surface area contributed by atoms with Crippen LogP contribution in [0.1, 0.15) is 0 Å². The van der Waals surface area contributed by atoms with E-state index in [0.717, 1.165) is 0 Å². The van der Waals surface area contributed by atoms with E-state index in [1.165, 1.54) is 4.90 Å². The second-order valence-electron chi connectivity index (χ2n) is 3.91. The lowest BCUT2D eigenvalue weighted by atomic mass is 10.2. The predicted octanol–water partition coefficient (Wildman–Crippen LogP) is 1.81. The quantitative estimate of drug-likeness (QED) is 0.855. The smallest absolute Gasteiger partial charge is 0.321 e. The van der Waals surface area contributed by atoms with Gasteiger partial charge in [0.25, 0.3) is 0 Å². The Hall–Kier alpha value is -1.95. The van der Waals surface area contributed by atoms with Crippen molar-refractivity contribution in [2.24, 2.45) is 0 Å². The van der Waals surface area contributed by atoms with Crippen LogP contribution in [0.4, 0.5) is 10.5 Å². The summed E-state index contributed by atoms with van der Waals surface area (Å²) in [4.78, 5) is 13.5. The molecule has 0 unspecified atom stereocenters. The molecule has 0 aliphatic rings. The van der Waals surface area contributed by atoms with Crippen LogP contribution in [-0.2, 0) is 4.74 Å². The average Bonchev–Trinajstić information content (AvgIpc) is 2.44. The van der Waals surface area contributed by atoms with E-state index >= 15 is 0 Å². The third-order valence-corrected chi connectivity index (χ3v) is 2.63. The van der Waals surface area contributed by atoms with Crippen molar-refractivity contribution in [3.63, 3.8) is 0 Å². The SMILES string of the molecule is COCCN(C)C(=O)Nc1cc(OC)ccc1OC. The van der Waals surface area contributed by atoms with Gasteiger partial charge in [0.05, 0.1) is 26.5 Å². The first-order valence-electron chi connectivity index (χ1n) is 5.85. The van der Waals surface area contributed by atoms with Crippen molar-refractivity contribution >= 4 is 11.7 Å². The first-order chi connectivity index (χ1) is 9.12. The van der Waals surface area contributed by atoms with Gasteiger partial charge in [-0.15, -0.1) is 0 Å². The van der Waals surface area contributed by atoms with E-state index in [9.17, 15) is 4.79 Å². The molecule has 1 N–H and O–H groups in total. The van der Waals surface area contributed by atoms with E-state index < -0.39 is 0 Å². The van der Waals surface area contributed by atoms with Gasteiger partial charge in [0.2, 0.25) is 0 Å². The zero-order valence-electron chi connectivity index (χ0n) is 11.7. The molecule has 2 amide bonds. The normalized spacial score (nSPS) is 9.89. The molecular formula is C13H20N2O4. The monoisotopic (exact) mass is 268 g/mol. The van der Waals surface area contributed by atoms with Crippen LogP contribution in [0.2, 0.25) is 0 Å². The van der Waals surface area contributed by atoms with Crippen LogP contribution >= 0.6 is 0 Å². The fourth-order valence-electron chi connectivity index (χ4n) is 1.45. The van der Waals surface area contributed by atoms with E-state index in [0.29, 0.717) is 30.3 Å². The van der Waals surface area contributed by atoms with E-state index in [2.05, 4.69) is 5.32 Å². The number of ether oxygens (including phenoxy) is 3. The van der Waals surface area contributed by atoms with E-state index in [1.54, 1.807) is 46.6 Å². The molecule has 6 heteroatoms. The Labute approximate surface area is 113 Å². The number of methoxy groups -OCH3 is 3. The summed E-state index contributed by atoms with van der Waals surface area (Å²) in [5.41, 5.74) is 0.566. The highest BCUT2D eigenvalue weighted by molar-refractivity contribution is 5.91. The first-order valence-corrected chi connectivity index (χ1v) is 5.85. The molecule has 0 bridgehead atoms. The molecule has 6 nitrogen and oxygen atoms in total. The van der Waals surface area contributed by atoms with Gasteiger partial charge < -0.3 is 24.4 Å². The van der Waals surface area contributed by atoms with Gasteiger partial charge in [-0.05, 0) is 12.1 Å². The van der Waals surface area contributed by atoms with Crippen LogP contribution in [0.25, 0.3) is 0 Å². The van der Waals surface area contributed by atoms with E-state index in [4.69, 9.17) is 14.2 Å². The van der Waals surface area contributed by atoms with Crippen LogP contribution in [0.5, 0.6) is 11.5 Å². The maximum absolute atomic E-state index is 11.9. The topological polar surface area (TPSA) is 60.0 Å². The minimum Gasteiger partial charge on any atom is -0.497 e. The highest BCUT2D eigenvalue weighted by Crippen LogP contribution is 2.28. The Kier molecular flexibility index (Phi) is 5.95. The van der Waals surface area contributed by atoms with Crippen molar-refractivity contribution < 1.29 is 19.0 Å². The lowest BCUT2D eigenvalue weighted by molar-refractivity contribution is 0.165. The molecule has 0 fully saturated rings. The highest BCUT2D eigenvalue weighted by Gasteiger charge is 2.12. The van der Waals surface area contributed by atoms with Crippen molar-refractivity contribution in [2.75, 3.05) is 46.8 Å².